The number of carbonyl (C=O) groups is 1. The molecule has 0 saturated heterocycles. The molecular weight excluding hydrogens is 154 g/mol. The number of hydrogen-bond acceptors (Lipinski definition) is 2. The normalized spacial score (nSPS) is 9.75. The van der Waals surface area contributed by atoms with E-state index in [1.54, 1.807) is 0 Å². The van der Waals surface area contributed by atoms with Gasteiger partial charge in [-0.2, -0.15) is 0 Å². The minimum Gasteiger partial charge on any atom is -0.450 e. The number of ether oxygens (including phenoxy) is 1. The molecule has 0 aromatic carbocycles. The van der Waals surface area contributed by atoms with Crippen molar-refractivity contribution in [2.24, 2.45) is 5.73 Å². The molecule has 0 aliphatic rings. The molecule has 0 atom stereocenters. The van der Waals surface area contributed by atoms with Gasteiger partial charge in [-0.1, -0.05) is 39.0 Å². The van der Waals surface area contributed by atoms with Crippen molar-refractivity contribution in [3.8, 4) is 0 Å². The fraction of sp³-hybridized carbons (Fsp3) is 0.889. The first-order chi connectivity index (χ1) is 5.77. The Morgan fingerprint density at radius 2 is 1.75 bits per heavy atom. The Kier molecular flexibility index (Phi) is 7.86. The van der Waals surface area contributed by atoms with Gasteiger partial charge in [0.15, 0.2) is 0 Å². The van der Waals surface area contributed by atoms with E-state index in [1.165, 1.54) is 25.7 Å². The fourth-order valence-electron chi connectivity index (χ4n) is 1.06. The third-order valence-electron chi connectivity index (χ3n) is 1.74. The first-order valence-electron chi connectivity index (χ1n) is 4.69. The van der Waals surface area contributed by atoms with Crippen LogP contribution < -0.4 is 5.73 Å². The maximum absolute atomic E-state index is 10.1. The van der Waals surface area contributed by atoms with Crippen LogP contribution in [0.1, 0.15) is 45.4 Å². The second-order valence-corrected chi connectivity index (χ2v) is 2.94. The Morgan fingerprint density at radius 1 is 1.17 bits per heavy atom. The third-order valence-corrected chi connectivity index (χ3v) is 1.74. The zero-order valence-corrected chi connectivity index (χ0v) is 7.84. The summed E-state index contributed by atoms with van der Waals surface area (Å²) in [6, 6.07) is 0. The predicted molar refractivity (Wildman–Crippen MR) is 48.9 cm³/mol. The van der Waals surface area contributed by atoms with Crippen LogP contribution in [-0.4, -0.2) is 12.7 Å². The van der Waals surface area contributed by atoms with Gasteiger partial charge in [-0.25, -0.2) is 4.79 Å². The van der Waals surface area contributed by atoms with Gasteiger partial charge in [-0.05, 0) is 6.42 Å². The van der Waals surface area contributed by atoms with Crippen molar-refractivity contribution in [3.63, 3.8) is 0 Å². The number of nitrogens with two attached hydrogens (primary N) is 1. The molecule has 0 unspecified atom stereocenters. The lowest BCUT2D eigenvalue weighted by Crippen LogP contribution is -2.13. The average molecular weight is 173 g/mol. The Bertz CT molecular complexity index is 115. The van der Waals surface area contributed by atoms with Crippen molar-refractivity contribution >= 4 is 6.09 Å². The van der Waals surface area contributed by atoms with Crippen molar-refractivity contribution in [1.82, 2.24) is 0 Å². The van der Waals surface area contributed by atoms with Crippen LogP contribution in [0.2, 0.25) is 0 Å². The van der Waals surface area contributed by atoms with Gasteiger partial charge in [0, 0.05) is 0 Å². The zero-order valence-electron chi connectivity index (χ0n) is 7.84. The van der Waals surface area contributed by atoms with Gasteiger partial charge in [-0.3, -0.25) is 0 Å². The second-order valence-electron chi connectivity index (χ2n) is 2.94. The van der Waals surface area contributed by atoms with Gasteiger partial charge >= 0.3 is 6.09 Å². The summed E-state index contributed by atoms with van der Waals surface area (Å²) in [6.45, 7) is 2.66. The quantitative estimate of drug-likeness (QED) is 0.601. The molecule has 3 heteroatoms. The Balaban J connectivity index is 2.86. The fourth-order valence-corrected chi connectivity index (χ4v) is 1.06. The van der Waals surface area contributed by atoms with Gasteiger partial charge in [0.25, 0.3) is 0 Å². The number of primary amides is 1. The molecule has 0 bridgehead atoms. The van der Waals surface area contributed by atoms with Crippen molar-refractivity contribution < 1.29 is 9.53 Å². The highest BCUT2D eigenvalue weighted by Crippen LogP contribution is 2.04. The number of unbranched alkanes of at least 4 members (excludes halogenated alkanes) is 5. The summed E-state index contributed by atoms with van der Waals surface area (Å²) in [7, 11) is 0. The van der Waals surface area contributed by atoms with Crippen molar-refractivity contribution in [3.05, 3.63) is 0 Å². The molecule has 1 amide bonds. The molecule has 0 aromatic rings. The van der Waals surface area contributed by atoms with Crippen LogP contribution in [0.5, 0.6) is 0 Å². The molecule has 0 heterocycles. The van der Waals surface area contributed by atoms with Crippen LogP contribution in [0.3, 0.4) is 0 Å². The highest BCUT2D eigenvalue weighted by atomic mass is 16.5. The van der Waals surface area contributed by atoms with Gasteiger partial charge in [-0.15, -0.1) is 0 Å². The van der Waals surface area contributed by atoms with Crippen LogP contribution in [0.4, 0.5) is 4.79 Å². The van der Waals surface area contributed by atoms with Crippen LogP contribution >= 0.6 is 0 Å². The van der Waals surface area contributed by atoms with E-state index in [2.05, 4.69) is 11.7 Å². The van der Waals surface area contributed by atoms with Gasteiger partial charge in [0.05, 0.1) is 6.61 Å². The lowest BCUT2D eigenvalue weighted by molar-refractivity contribution is 0.154. The van der Waals surface area contributed by atoms with Crippen LogP contribution in [0, 0.1) is 0 Å². The smallest absolute Gasteiger partial charge is 0.404 e. The lowest BCUT2D eigenvalue weighted by Gasteiger charge is -2.00. The molecular formula is C9H19NO2. The van der Waals surface area contributed by atoms with Crippen molar-refractivity contribution in [2.75, 3.05) is 6.61 Å². The lowest BCUT2D eigenvalue weighted by atomic mass is 10.1. The van der Waals surface area contributed by atoms with Crippen molar-refractivity contribution in [2.45, 2.75) is 45.4 Å². The molecule has 3 nitrogen and oxygen atoms in total. The second kappa shape index (κ2) is 8.37. The molecule has 0 aliphatic carbocycles. The number of hydrogen-bond donors (Lipinski definition) is 1. The Hall–Kier alpha value is -0.730. The number of rotatable bonds is 7. The highest BCUT2D eigenvalue weighted by Gasteiger charge is 1.93. The van der Waals surface area contributed by atoms with E-state index < -0.39 is 6.09 Å². The standard InChI is InChI=1S/C9H19NO2/c1-2-3-4-5-6-7-8-12-9(10)11/h2-8H2,1H3,(H2,10,11). The van der Waals surface area contributed by atoms with Crippen LogP contribution in [0.15, 0.2) is 0 Å². The molecule has 72 valence electrons. The van der Waals surface area contributed by atoms with Gasteiger partial charge in [0.2, 0.25) is 0 Å². The predicted octanol–water partition coefficient (Wildman–Crippen LogP) is 2.44. The van der Waals surface area contributed by atoms with E-state index in [0.29, 0.717) is 6.61 Å². The minimum absolute atomic E-state index is 0.474. The van der Waals surface area contributed by atoms with E-state index in [1.807, 2.05) is 0 Å². The number of carbonyl (C=O) groups excluding carboxylic acids is 1. The largest absolute Gasteiger partial charge is 0.450 e. The monoisotopic (exact) mass is 173 g/mol. The third kappa shape index (κ3) is 9.27. The van der Waals surface area contributed by atoms with E-state index in [4.69, 9.17) is 5.73 Å². The molecule has 2 N–H and O–H groups in total. The molecule has 0 spiro atoms. The summed E-state index contributed by atoms with van der Waals surface area (Å²) in [5.41, 5.74) is 4.79. The molecule has 0 aliphatic heterocycles. The van der Waals surface area contributed by atoms with Crippen LogP contribution in [0.25, 0.3) is 0 Å². The van der Waals surface area contributed by atoms with Gasteiger partial charge in [0.1, 0.15) is 0 Å². The van der Waals surface area contributed by atoms with E-state index in [-0.39, 0.29) is 0 Å². The Labute approximate surface area is 74.3 Å². The minimum atomic E-state index is -0.663. The molecule has 0 saturated carbocycles. The average Bonchev–Trinajstić information content (AvgIpc) is 2.02. The summed E-state index contributed by atoms with van der Waals surface area (Å²) >= 11 is 0. The Morgan fingerprint density at radius 3 is 2.33 bits per heavy atom. The molecule has 0 aromatic heterocycles. The van der Waals surface area contributed by atoms with Crippen LogP contribution in [-0.2, 0) is 4.74 Å². The zero-order chi connectivity index (χ0) is 9.23. The SMILES string of the molecule is CCCCCCCCOC(N)=O. The maximum Gasteiger partial charge on any atom is 0.404 e. The summed E-state index contributed by atoms with van der Waals surface area (Å²) in [5, 5.41) is 0. The molecule has 12 heavy (non-hydrogen) atoms. The molecule has 0 rings (SSSR count). The first-order valence-corrected chi connectivity index (χ1v) is 4.69. The number of amides is 1. The van der Waals surface area contributed by atoms with Crippen molar-refractivity contribution in [1.29, 1.82) is 0 Å². The van der Waals surface area contributed by atoms with E-state index >= 15 is 0 Å². The summed E-state index contributed by atoms with van der Waals surface area (Å²) in [4.78, 5) is 10.1. The maximum atomic E-state index is 10.1. The van der Waals surface area contributed by atoms with E-state index in [0.717, 1.165) is 12.8 Å². The summed E-state index contributed by atoms with van der Waals surface area (Å²) < 4.78 is 4.59. The summed E-state index contributed by atoms with van der Waals surface area (Å²) in [6.07, 6.45) is 6.49. The molecule has 0 radical (unpaired) electrons. The first kappa shape index (κ1) is 11.3. The topological polar surface area (TPSA) is 52.3 Å². The van der Waals surface area contributed by atoms with E-state index in [9.17, 15) is 4.79 Å². The van der Waals surface area contributed by atoms with Gasteiger partial charge < -0.3 is 10.5 Å². The highest BCUT2D eigenvalue weighted by molar-refractivity contribution is 5.64. The molecule has 0 fully saturated rings. The summed E-state index contributed by atoms with van der Waals surface area (Å²) in [5.74, 6) is 0.